The van der Waals surface area contributed by atoms with Crippen molar-refractivity contribution in [2.45, 2.75) is 6.54 Å². The Morgan fingerprint density at radius 3 is 2.69 bits per heavy atom. The molecule has 0 amide bonds. The van der Waals surface area contributed by atoms with Crippen LogP contribution in [0.25, 0.3) is 0 Å². The van der Waals surface area contributed by atoms with E-state index in [-0.39, 0.29) is 0 Å². The molecule has 0 saturated carbocycles. The van der Waals surface area contributed by atoms with Crippen LogP contribution in [0.4, 0.5) is 5.69 Å². The van der Waals surface area contributed by atoms with Gasteiger partial charge in [0.25, 0.3) is 0 Å². The topological polar surface area (TPSA) is 78.3 Å². The molecule has 1 aromatic carbocycles. The molecule has 1 rings (SSSR count). The number of nitrogen functional groups attached to an aromatic ring is 1. The van der Waals surface area contributed by atoms with Crippen LogP contribution in [0.3, 0.4) is 0 Å². The Balaban J connectivity index is 3.02. The Kier molecular flexibility index (Phi) is 2.87. The molecule has 4 N–H and O–H groups in total. The van der Waals surface area contributed by atoms with Crippen molar-refractivity contribution in [2.24, 2.45) is 5.73 Å². The van der Waals surface area contributed by atoms with Crippen molar-refractivity contribution in [2.75, 3.05) is 12.8 Å². The monoisotopic (exact) mass is 180 g/mol. The SMILES string of the molecule is COC(=O)c1ccc(CN)c(N)c1. The van der Waals surface area contributed by atoms with Crippen LogP contribution in [0.15, 0.2) is 18.2 Å². The van der Waals surface area contributed by atoms with Crippen molar-refractivity contribution in [3.05, 3.63) is 29.3 Å². The van der Waals surface area contributed by atoms with Crippen molar-refractivity contribution in [3.63, 3.8) is 0 Å². The first kappa shape index (κ1) is 9.54. The maximum absolute atomic E-state index is 11.1. The van der Waals surface area contributed by atoms with Crippen molar-refractivity contribution in [1.29, 1.82) is 0 Å². The number of carbonyl (C=O) groups is 1. The Bertz CT molecular complexity index is 323. The molecule has 0 aliphatic heterocycles. The van der Waals surface area contributed by atoms with Gasteiger partial charge in [-0.2, -0.15) is 0 Å². The van der Waals surface area contributed by atoms with Crippen LogP contribution in [0.1, 0.15) is 15.9 Å². The number of hydrogen-bond acceptors (Lipinski definition) is 4. The van der Waals surface area contributed by atoms with Crippen molar-refractivity contribution < 1.29 is 9.53 Å². The van der Waals surface area contributed by atoms with Gasteiger partial charge in [-0.1, -0.05) is 6.07 Å². The van der Waals surface area contributed by atoms with E-state index in [4.69, 9.17) is 11.5 Å². The third-order valence-electron chi connectivity index (χ3n) is 1.79. The molecule has 0 aromatic heterocycles. The number of carbonyl (C=O) groups excluding carboxylic acids is 1. The van der Waals surface area contributed by atoms with Gasteiger partial charge >= 0.3 is 5.97 Å². The second kappa shape index (κ2) is 3.91. The summed E-state index contributed by atoms with van der Waals surface area (Å²) in [5.41, 5.74) is 12.8. The molecule has 70 valence electrons. The van der Waals surface area contributed by atoms with Gasteiger partial charge in [-0.3, -0.25) is 0 Å². The van der Waals surface area contributed by atoms with E-state index in [1.807, 2.05) is 0 Å². The molecule has 4 nitrogen and oxygen atoms in total. The number of methoxy groups -OCH3 is 1. The average Bonchev–Trinajstić information content (AvgIpc) is 2.16. The third kappa shape index (κ3) is 1.97. The zero-order chi connectivity index (χ0) is 9.84. The van der Waals surface area contributed by atoms with Gasteiger partial charge in [0, 0.05) is 12.2 Å². The first-order valence-corrected chi connectivity index (χ1v) is 3.86. The summed E-state index contributed by atoms with van der Waals surface area (Å²) in [6, 6.07) is 4.93. The number of ether oxygens (including phenoxy) is 1. The quantitative estimate of drug-likeness (QED) is 0.513. The molecule has 0 saturated heterocycles. The highest BCUT2D eigenvalue weighted by atomic mass is 16.5. The summed E-state index contributed by atoms with van der Waals surface area (Å²) in [5.74, 6) is -0.393. The van der Waals surface area contributed by atoms with Gasteiger partial charge in [-0.15, -0.1) is 0 Å². The first-order valence-electron chi connectivity index (χ1n) is 3.86. The summed E-state index contributed by atoms with van der Waals surface area (Å²) in [6.07, 6.45) is 0. The van der Waals surface area contributed by atoms with Gasteiger partial charge in [0.1, 0.15) is 0 Å². The molecule has 0 fully saturated rings. The van der Waals surface area contributed by atoms with Gasteiger partial charge in [0.15, 0.2) is 0 Å². The summed E-state index contributed by atoms with van der Waals surface area (Å²) in [5, 5.41) is 0. The van der Waals surface area contributed by atoms with E-state index in [0.717, 1.165) is 5.56 Å². The molecule has 4 heteroatoms. The highest BCUT2D eigenvalue weighted by Crippen LogP contribution is 2.14. The molecular formula is C9H12N2O2. The Hall–Kier alpha value is -1.55. The van der Waals surface area contributed by atoms with Crippen LogP contribution in [0.5, 0.6) is 0 Å². The molecular weight excluding hydrogens is 168 g/mol. The standard InChI is InChI=1S/C9H12N2O2/c1-13-9(12)6-2-3-7(5-10)8(11)4-6/h2-4H,5,10-11H2,1H3. The largest absolute Gasteiger partial charge is 0.465 e. The Labute approximate surface area is 76.5 Å². The fourth-order valence-electron chi connectivity index (χ4n) is 1.03. The third-order valence-corrected chi connectivity index (χ3v) is 1.79. The lowest BCUT2D eigenvalue weighted by Gasteiger charge is -2.04. The molecule has 0 atom stereocenters. The molecule has 0 aliphatic carbocycles. The number of hydrogen-bond donors (Lipinski definition) is 2. The van der Waals surface area contributed by atoms with Gasteiger partial charge < -0.3 is 16.2 Å². The lowest BCUT2D eigenvalue weighted by atomic mass is 10.1. The molecule has 1 aromatic rings. The highest BCUT2D eigenvalue weighted by Gasteiger charge is 2.06. The number of benzene rings is 1. The number of anilines is 1. The fraction of sp³-hybridized carbons (Fsp3) is 0.222. The van der Waals surface area contributed by atoms with Crippen LogP contribution >= 0.6 is 0 Å². The zero-order valence-electron chi connectivity index (χ0n) is 7.41. The van der Waals surface area contributed by atoms with Gasteiger partial charge in [-0.25, -0.2) is 4.79 Å². The molecule has 0 bridgehead atoms. The Morgan fingerprint density at radius 1 is 1.54 bits per heavy atom. The lowest BCUT2D eigenvalue weighted by molar-refractivity contribution is 0.0601. The second-order valence-corrected chi connectivity index (χ2v) is 2.61. The second-order valence-electron chi connectivity index (χ2n) is 2.61. The van der Waals surface area contributed by atoms with Crippen molar-refractivity contribution in [1.82, 2.24) is 0 Å². The first-order chi connectivity index (χ1) is 6.19. The number of esters is 1. The van der Waals surface area contributed by atoms with Crippen molar-refractivity contribution >= 4 is 11.7 Å². The minimum absolute atomic E-state index is 0.368. The molecule has 0 heterocycles. The molecule has 0 spiro atoms. The predicted molar refractivity (Wildman–Crippen MR) is 50.1 cm³/mol. The number of nitrogens with two attached hydrogens (primary N) is 2. The summed E-state index contributed by atoms with van der Waals surface area (Å²) in [7, 11) is 1.33. The zero-order valence-corrected chi connectivity index (χ0v) is 7.41. The maximum Gasteiger partial charge on any atom is 0.337 e. The fourth-order valence-corrected chi connectivity index (χ4v) is 1.03. The van der Waals surface area contributed by atoms with Gasteiger partial charge in [0.2, 0.25) is 0 Å². The Morgan fingerprint density at radius 2 is 2.23 bits per heavy atom. The van der Waals surface area contributed by atoms with Crippen molar-refractivity contribution in [3.8, 4) is 0 Å². The molecule has 0 unspecified atom stereocenters. The smallest absolute Gasteiger partial charge is 0.337 e. The predicted octanol–water partition coefficient (Wildman–Crippen LogP) is 0.514. The minimum atomic E-state index is -0.393. The molecule has 0 radical (unpaired) electrons. The summed E-state index contributed by atoms with van der Waals surface area (Å²) in [4.78, 5) is 11.1. The average molecular weight is 180 g/mol. The summed E-state index contributed by atoms with van der Waals surface area (Å²) < 4.78 is 4.54. The van der Waals surface area contributed by atoms with Crippen LogP contribution in [0, 0.1) is 0 Å². The maximum atomic E-state index is 11.1. The van der Waals surface area contributed by atoms with E-state index in [1.54, 1.807) is 18.2 Å². The van der Waals surface area contributed by atoms with Crippen LogP contribution in [-0.4, -0.2) is 13.1 Å². The lowest BCUT2D eigenvalue weighted by Crippen LogP contribution is -2.06. The van der Waals surface area contributed by atoms with E-state index >= 15 is 0 Å². The van der Waals surface area contributed by atoms with Gasteiger partial charge in [0.05, 0.1) is 12.7 Å². The van der Waals surface area contributed by atoms with E-state index in [0.29, 0.717) is 17.8 Å². The van der Waals surface area contributed by atoms with E-state index in [9.17, 15) is 4.79 Å². The van der Waals surface area contributed by atoms with Gasteiger partial charge in [-0.05, 0) is 17.7 Å². The normalized spacial score (nSPS) is 9.69. The van der Waals surface area contributed by atoms with Crippen LogP contribution < -0.4 is 11.5 Å². The molecule has 0 aliphatic rings. The number of rotatable bonds is 2. The van der Waals surface area contributed by atoms with Crippen LogP contribution in [-0.2, 0) is 11.3 Å². The highest BCUT2D eigenvalue weighted by molar-refractivity contribution is 5.90. The van der Waals surface area contributed by atoms with E-state index in [2.05, 4.69) is 4.74 Å². The summed E-state index contributed by atoms with van der Waals surface area (Å²) in [6.45, 7) is 0.368. The minimum Gasteiger partial charge on any atom is -0.465 e. The molecule has 13 heavy (non-hydrogen) atoms. The van der Waals surface area contributed by atoms with Crippen LogP contribution in [0.2, 0.25) is 0 Å². The van der Waals surface area contributed by atoms with E-state index in [1.165, 1.54) is 7.11 Å². The summed E-state index contributed by atoms with van der Waals surface area (Å²) >= 11 is 0. The van der Waals surface area contributed by atoms with E-state index < -0.39 is 5.97 Å².